The molecule has 5 atom stereocenters. The Hall–Kier alpha value is -5.02. The Morgan fingerprint density at radius 1 is 0.730 bits per heavy atom. The molecule has 0 aromatic heterocycles. The normalized spacial score (nSPS) is 18.6. The monoisotopic (exact) mass is 875 g/mol. The highest BCUT2D eigenvalue weighted by molar-refractivity contribution is 5.76. The van der Waals surface area contributed by atoms with Crippen LogP contribution in [0.2, 0.25) is 0 Å². The second-order valence-electron chi connectivity index (χ2n) is 16.1. The number of methoxy groups -OCH3 is 2. The Balaban J connectivity index is 1.19. The Morgan fingerprint density at radius 2 is 1.33 bits per heavy atom. The number of carbonyl (C=O) groups is 4. The van der Waals surface area contributed by atoms with Crippen molar-refractivity contribution in [3.63, 3.8) is 0 Å². The number of aliphatic hydroxyl groups is 1. The van der Waals surface area contributed by atoms with Gasteiger partial charge in [-0.05, 0) is 78.5 Å². The molecule has 1 saturated heterocycles. The first-order valence-corrected chi connectivity index (χ1v) is 22.2. The van der Waals surface area contributed by atoms with E-state index in [9.17, 15) is 24.3 Å². The SMILES string of the molecule is COc1ccc(C(OCCN(CCO)C(=O)CCCCCNC(=O)CCCCCOC2OC(COC(C)=O)C(C)C(C)C2NC(C)=O)(c2ccccc2)c2ccc(OC)cc2)cc1. The molecule has 346 valence electrons. The number of carbonyl (C=O) groups excluding carboxylic acids is 4. The van der Waals surface area contributed by atoms with Gasteiger partial charge >= 0.3 is 5.97 Å². The van der Waals surface area contributed by atoms with Crippen molar-refractivity contribution in [3.05, 3.63) is 95.6 Å². The molecule has 3 amide bonds. The fourth-order valence-electron chi connectivity index (χ4n) is 7.94. The van der Waals surface area contributed by atoms with E-state index in [1.807, 2.05) is 92.7 Å². The molecule has 1 fully saturated rings. The van der Waals surface area contributed by atoms with Crippen LogP contribution in [-0.2, 0) is 43.7 Å². The molecular weight excluding hydrogens is 807 g/mol. The van der Waals surface area contributed by atoms with Crippen LogP contribution in [0.25, 0.3) is 0 Å². The zero-order chi connectivity index (χ0) is 45.6. The summed E-state index contributed by atoms with van der Waals surface area (Å²) in [6, 6.07) is 25.2. The third-order valence-corrected chi connectivity index (χ3v) is 11.7. The fraction of sp³-hybridized carbons (Fsp3) is 0.551. The molecule has 3 aromatic rings. The van der Waals surface area contributed by atoms with Crippen molar-refractivity contribution < 1.29 is 52.7 Å². The van der Waals surface area contributed by atoms with Crippen LogP contribution in [0, 0.1) is 11.8 Å². The molecule has 0 spiro atoms. The minimum Gasteiger partial charge on any atom is -0.497 e. The van der Waals surface area contributed by atoms with E-state index in [2.05, 4.69) is 10.6 Å². The molecule has 0 aliphatic carbocycles. The smallest absolute Gasteiger partial charge is 0.302 e. The lowest BCUT2D eigenvalue weighted by Crippen LogP contribution is -2.58. The average Bonchev–Trinajstić information content (AvgIpc) is 3.29. The number of rotatable bonds is 27. The van der Waals surface area contributed by atoms with Crippen LogP contribution in [0.1, 0.15) is 95.8 Å². The topological polar surface area (TPSA) is 171 Å². The van der Waals surface area contributed by atoms with Gasteiger partial charge in [-0.25, -0.2) is 0 Å². The quantitative estimate of drug-likeness (QED) is 0.0456. The second kappa shape index (κ2) is 26.6. The van der Waals surface area contributed by atoms with Crippen LogP contribution in [-0.4, -0.2) is 112 Å². The summed E-state index contributed by atoms with van der Waals surface area (Å²) < 4.78 is 35.2. The van der Waals surface area contributed by atoms with Gasteiger partial charge in [-0.15, -0.1) is 0 Å². The summed E-state index contributed by atoms with van der Waals surface area (Å²) in [5.41, 5.74) is 1.67. The molecule has 3 N–H and O–H groups in total. The van der Waals surface area contributed by atoms with Crippen molar-refractivity contribution >= 4 is 23.7 Å². The Kier molecular flexibility index (Phi) is 21.3. The first-order valence-electron chi connectivity index (χ1n) is 22.2. The number of hydrogen-bond donors (Lipinski definition) is 3. The zero-order valence-corrected chi connectivity index (χ0v) is 38.0. The Bertz CT molecular complexity index is 1780. The van der Waals surface area contributed by atoms with Crippen LogP contribution in [0.3, 0.4) is 0 Å². The summed E-state index contributed by atoms with van der Waals surface area (Å²) in [6.45, 7) is 8.40. The van der Waals surface area contributed by atoms with Crippen LogP contribution >= 0.6 is 0 Å². The van der Waals surface area contributed by atoms with Gasteiger partial charge in [0, 0.05) is 52.9 Å². The number of hydrogen-bond acceptors (Lipinski definition) is 11. The largest absolute Gasteiger partial charge is 0.497 e. The van der Waals surface area contributed by atoms with Crippen molar-refractivity contribution in [2.45, 2.75) is 103 Å². The number of ether oxygens (including phenoxy) is 6. The predicted molar refractivity (Wildman–Crippen MR) is 239 cm³/mol. The average molecular weight is 876 g/mol. The number of nitrogens with zero attached hydrogens (tertiary/aromatic N) is 1. The lowest BCUT2D eigenvalue weighted by atomic mass is 9.80. The van der Waals surface area contributed by atoms with Gasteiger partial charge in [0.15, 0.2) is 6.29 Å². The molecule has 1 aliphatic heterocycles. The zero-order valence-electron chi connectivity index (χ0n) is 38.0. The molecule has 3 aromatic carbocycles. The van der Waals surface area contributed by atoms with Crippen LogP contribution in [0.4, 0.5) is 0 Å². The van der Waals surface area contributed by atoms with E-state index in [0.717, 1.165) is 47.5 Å². The summed E-state index contributed by atoms with van der Waals surface area (Å²) in [7, 11) is 3.26. The third-order valence-electron chi connectivity index (χ3n) is 11.7. The van der Waals surface area contributed by atoms with Crippen molar-refractivity contribution in [1.29, 1.82) is 0 Å². The molecule has 1 aliphatic rings. The number of amides is 3. The molecule has 14 heteroatoms. The highest BCUT2D eigenvalue weighted by atomic mass is 16.7. The Labute approximate surface area is 373 Å². The molecular formula is C49H69N3O11. The maximum Gasteiger partial charge on any atom is 0.302 e. The first kappa shape index (κ1) is 50.6. The highest BCUT2D eigenvalue weighted by Crippen LogP contribution is 2.41. The third kappa shape index (κ3) is 15.3. The number of aliphatic hydroxyl groups excluding tert-OH is 1. The summed E-state index contributed by atoms with van der Waals surface area (Å²) in [4.78, 5) is 50.9. The van der Waals surface area contributed by atoms with E-state index >= 15 is 0 Å². The maximum absolute atomic E-state index is 13.4. The number of esters is 1. The van der Waals surface area contributed by atoms with Crippen molar-refractivity contribution in [2.24, 2.45) is 11.8 Å². The Morgan fingerprint density at radius 3 is 1.92 bits per heavy atom. The van der Waals surface area contributed by atoms with Gasteiger partial charge in [0.1, 0.15) is 23.7 Å². The van der Waals surface area contributed by atoms with E-state index in [4.69, 9.17) is 28.4 Å². The first-order chi connectivity index (χ1) is 30.4. The summed E-state index contributed by atoms with van der Waals surface area (Å²) >= 11 is 0. The highest BCUT2D eigenvalue weighted by Gasteiger charge is 2.43. The van der Waals surface area contributed by atoms with E-state index in [1.165, 1.54) is 13.8 Å². The van der Waals surface area contributed by atoms with Crippen LogP contribution in [0.15, 0.2) is 78.9 Å². The van der Waals surface area contributed by atoms with Gasteiger partial charge in [0.25, 0.3) is 0 Å². The summed E-state index contributed by atoms with van der Waals surface area (Å²) in [5, 5.41) is 15.8. The minimum atomic E-state index is -1.02. The number of nitrogens with one attached hydrogen (secondary N) is 2. The molecule has 4 rings (SSSR count). The van der Waals surface area contributed by atoms with E-state index in [1.54, 1.807) is 19.1 Å². The van der Waals surface area contributed by atoms with Crippen molar-refractivity contribution in [1.82, 2.24) is 15.5 Å². The fourth-order valence-corrected chi connectivity index (χ4v) is 7.94. The second-order valence-corrected chi connectivity index (χ2v) is 16.1. The van der Waals surface area contributed by atoms with Gasteiger partial charge in [-0.1, -0.05) is 81.3 Å². The van der Waals surface area contributed by atoms with Gasteiger partial charge in [-0.2, -0.15) is 0 Å². The molecule has 5 unspecified atom stereocenters. The standard InChI is InChI=1S/C49H69N3O11/c1-35-36(2)47(51-37(3)54)48(63-44(35)34-61-38(4)55)60-32-15-9-12-18-45(56)50-28-14-8-13-19-46(57)52(29-31-53)30-33-62-49(39-16-10-7-11-17-39,40-20-24-42(58-5)25-21-40)41-22-26-43(59-6)27-23-41/h7,10-11,16-17,20-27,35-36,44,47-48,53H,8-9,12-15,18-19,28-34H2,1-6H3,(H,50,56)(H,51,54). The molecule has 0 radical (unpaired) electrons. The van der Waals surface area contributed by atoms with Crippen LogP contribution in [0.5, 0.6) is 11.5 Å². The van der Waals surface area contributed by atoms with E-state index in [0.29, 0.717) is 45.3 Å². The number of benzene rings is 3. The lowest BCUT2D eigenvalue weighted by molar-refractivity contribution is -0.244. The van der Waals surface area contributed by atoms with E-state index in [-0.39, 0.29) is 80.6 Å². The summed E-state index contributed by atoms with van der Waals surface area (Å²) in [6.07, 6.45) is 4.04. The maximum atomic E-state index is 13.4. The summed E-state index contributed by atoms with van der Waals surface area (Å²) in [5.74, 6) is 0.878. The van der Waals surface area contributed by atoms with Crippen molar-refractivity contribution in [2.75, 3.05) is 60.3 Å². The van der Waals surface area contributed by atoms with Crippen LogP contribution < -0.4 is 20.1 Å². The van der Waals surface area contributed by atoms with Gasteiger partial charge in [-0.3, -0.25) is 19.2 Å². The lowest BCUT2D eigenvalue weighted by Gasteiger charge is -2.44. The minimum absolute atomic E-state index is 0.0190. The molecule has 0 saturated carbocycles. The van der Waals surface area contributed by atoms with Gasteiger partial charge in [0.05, 0.1) is 39.6 Å². The van der Waals surface area contributed by atoms with Gasteiger partial charge in [0.2, 0.25) is 17.7 Å². The number of unbranched alkanes of at least 4 members (excludes halogenated alkanes) is 4. The van der Waals surface area contributed by atoms with Gasteiger partial charge < -0.3 is 49.1 Å². The molecule has 14 nitrogen and oxygen atoms in total. The van der Waals surface area contributed by atoms with Crippen molar-refractivity contribution in [3.8, 4) is 11.5 Å². The molecule has 0 bridgehead atoms. The van der Waals surface area contributed by atoms with E-state index < -0.39 is 11.9 Å². The molecule has 63 heavy (non-hydrogen) atoms. The predicted octanol–water partition coefficient (Wildman–Crippen LogP) is 6.15. The molecule has 1 heterocycles.